The summed E-state index contributed by atoms with van der Waals surface area (Å²) in [6.45, 7) is 6.12. The molecule has 2 nitrogen and oxygen atoms in total. The van der Waals surface area contributed by atoms with Crippen molar-refractivity contribution in [1.29, 1.82) is 0 Å². The Balaban J connectivity index is 1.70. The summed E-state index contributed by atoms with van der Waals surface area (Å²) in [6.07, 6.45) is 6.51. The standard InChI is InChI=1S/C13H25NO/c1-10(2)9-15-6-5-13(14)8-11-3-4-12(13)7-11/h10-12H,3-9,14H2,1-2H3. The van der Waals surface area contributed by atoms with E-state index >= 15 is 0 Å². The fraction of sp³-hybridized carbons (Fsp3) is 1.00. The first kappa shape index (κ1) is 11.4. The van der Waals surface area contributed by atoms with Crippen LogP contribution in [0.2, 0.25) is 0 Å². The van der Waals surface area contributed by atoms with Gasteiger partial charge in [0.15, 0.2) is 0 Å². The molecule has 0 radical (unpaired) electrons. The Morgan fingerprint density at radius 1 is 1.40 bits per heavy atom. The number of rotatable bonds is 5. The summed E-state index contributed by atoms with van der Waals surface area (Å²) in [5.41, 5.74) is 6.61. The maximum Gasteiger partial charge on any atom is 0.0489 e. The van der Waals surface area contributed by atoms with Crippen molar-refractivity contribution >= 4 is 0 Å². The average Bonchev–Trinajstić information content (AvgIpc) is 2.72. The van der Waals surface area contributed by atoms with Crippen LogP contribution in [0.3, 0.4) is 0 Å². The second kappa shape index (κ2) is 4.42. The number of nitrogens with two attached hydrogens (primary N) is 1. The molecule has 3 atom stereocenters. The number of hydrogen-bond acceptors (Lipinski definition) is 2. The molecule has 0 aromatic heterocycles. The van der Waals surface area contributed by atoms with Crippen LogP contribution in [0.15, 0.2) is 0 Å². The molecule has 2 aliphatic rings. The van der Waals surface area contributed by atoms with Gasteiger partial charge < -0.3 is 10.5 Å². The van der Waals surface area contributed by atoms with E-state index in [2.05, 4.69) is 13.8 Å². The van der Waals surface area contributed by atoms with Gasteiger partial charge in [0.05, 0.1) is 0 Å². The highest BCUT2D eigenvalue weighted by Gasteiger charge is 2.47. The Labute approximate surface area is 93.6 Å². The normalized spacial score (nSPS) is 39.2. The van der Waals surface area contributed by atoms with E-state index in [-0.39, 0.29) is 5.54 Å². The van der Waals surface area contributed by atoms with Crippen LogP contribution in [0.4, 0.5) is 0 Å². The van der Waals surface area contributed by atoms with E-state index in [1.165, 1.54) is 25.7 Å². The minimum absolute atomic E-state index is 0.125. The van der Waals surface area contributed by atoms with E-state index in [1.54, 1.807) is 0 Å². The lowest BCUT2D eigenvalue weighted by atomic mass is 9.80. The van der Waals surface area contributed by atoms with Gasteiger partial charge in [-0.2, -0.15) is 0 Å². The Kier molecular flexibility index (Phi) is 3.36. The minimum atomic E-state index is 0.125. The molecule has 2 N–H and O–H groups in total. The van der Waals surface area contributed by atoms with Crippen LogP contribution in [-0.2, 0) is 4.74 Å². The molecule has 0 spiro atoms. The van der Waals surface area contributed by atoms with Crippen LogP contribution in [0, 0.1) is 17.8 Å². The van der Waals surface area contributed by atoms with Crippen LogP contribution in [0.1, 0.15) is 46.0 Å². The summed E-state index contributed by atoms with van der Waals surface area (Å²) < 4.78 is 5.65. The summed E-state index contributed by atoms with van der Waals surface area (Å²) in [5, 5.41) is 0. The summed E-state index contributed by atoms with van der Waals surface area (Å²) in [6, 6.07) is 0. The van der Waals surface area contributed by atoms with Crippen molar-refractivity contribution in [3.63, 3.8) is 0 Å². The fourth-order valence-corrected chi connectivity index (χ4v) is 3.37. The monoisotopic (exact) mass is 211 g/mol. The molecule has 0 aliphatic heterocycles. The van der Waals surface area contributed by atoms with Crippen LogP contribution in [-0.4, -0.2) is 18.8 Å². The molecule has 15 heavy (non-hydrogen) atoms. The topological polar surface area (TPSA) is 35.2 Å². The molecule has 2 saturated carbocycles. The Hall–Kier alpha value is -0.0800. The molecule has 2 aliphatic carbocycles. The maximum atomic E-state index is 6.48. The number of ether oxygens (including phenoxy) is 1. The van der Waals surface area contributed by atoms with Crippen LogP contribution < -0.4 is 5.73 Å². The van der Waals surface area contributed by atoms with E-state index in [0.717, 1.165) is 31.5 Å². The lowest BCUT2D eigenvalue weighted by molar-refractivity contribution is 0.0828. The van der Waals surface area contributed by atoms with Crippen molar-refractivity contribution in [2.24, 2.45) is 23.5 Å². The van der Waals surface area contributed by atoms with Crippen molar-refractivity contribution in [2.45, 2.75) is 51.5 Å². The van der Waals surface area contributed by atoms with Gasteiger partial charge in [-0.1, -0.05) is 20.3 Å². The van der Waals surface area contributed by atoms with E-state index in [1.807, 2.05) is 0 Å². The number of fused-ring (bicyclic) bond motifs is 2. The molecule has 0 aromatic rings. The summed E-state index contributed by atoms with van der Waals surface area (Å²) in [7, 11) is 0. The van der Waals surface area contributed by atoms with Gasteiger partial charge in [0, 0.05) is 18.8 Å². The third-order valence-electron chi connectivity index (χ3n) is 4.19. The third-order valence-corrected chi connectivity index (χ3v) is 4.19. The smallest absolute Gasteiger partial charge is 0.0489 e. The SMILES string of the molecule is CC(C)COCCC1(N)CC2CCC1C2. The van der Waals surface area contributed by atoms with E-state index < -0.39 is 0 Å². The zero-order valence-corrected chi connectivity index (χ0v) is 10.2. The molecule has 2 bridgehead atoms. The lowest BCUT2D eigenvalue weighted by Gasteiger charge is -2.33. The predicted octanol–water partition coefficient (Wildman–Crippen LogP) is 2.57. The molecule has 3 unspecified atom stereocenters. The quantitative estimate of drug-likeness (QED) is 0.709. The van der Waals surface area contributed by atoms with Crippen LogP contribution in [0.25, 0.3) is 0 Å². The molecule has 2 heteroatoms. The molecule has 0 aromatic carbocycles. The fourth-order valence-electron chi connectivity index (χ4n) is 3.37. The molecule has 0 heterocycles. The maximum absolute atomic E-state index is 6.48. The van der Waals surface area contributed by atoms with Crippen LogP contribution >= 0.6 is 0 Å². The second-order valence-corrected chi connectivity index (χ2v) is 6.03. The third kappa shape index (κ3) is 2.54. The first-order valence-corrected chi connectivity index (χ1v) is 6.47. The van der Waals surface area contributed by atoms with E-state index in [0.29, 0.717) is 5.92 Å². The van der Waals surface area contributed by atoms with E-state index in [9.17, 15) is 0 Å². The van der Waals surface area contributed by atoms with Crippen molar-refractivity contribution < 1.29 is 4.74 Å². The highest BCUT2D eigenvalue weighted by molar-refractivity contribution is 5.04. The zero-order chi connectivity index (χ0) is 10.9. The molecule has 0 amide bonds. The average molecular weight is 211 g/mol. The zero-order valence-electron chi connectivity index (χ0n) is 10.2. The van der Waals surface area contributed by atoms with Gasteiger partial charge >= 0.3 is 0 Å². The van der Waals surface area contributed by atoms with Crippen molar-refractivity contribution in [3.05, 3.63) is 0 Å². The molecular formula is C13H25NO. The van der Waals surface area contributed by atoms with E-state index in [4.69, 9.17) is 10.5 Å². The predicted molar refractivity (Wildman–Crippen MR) is 62.6 cm³/mol. The molecular weight excluding hydrogens is 186 g/mol. The Morgan fingerprint density at radius 3 is 2.73 bits per heavy atom. The minimum Gasteiger partial charge on any atom is -0.381 e. The Morgan fingerprint density at radius 2 is 2.20 bits per heavy atom. The summed E-state index contributed by atoms with van der Waals surface area (Å²) in [4.78, 5) is 0. The second-order valence-electron chi connectivity index (χ2n) is 6.03. The first-order valence-electron chi connectivity index (χ1n) is 6.47. The summed E-state index contributed by atoms with van der Waals surface area (Å²) >= 11 is 0. The van der Waals surface area contributed by atoms with Gasteiger partial charge in [-0.15, -0.1) is 0 Å². The van der Waals surface area contributed by atoms with Crippen molar-refractivity contribution in [3.8, 4) is 0 Å². The highest BCUT2D eigenvalue weighted by Crippen LogP contribution is 2.50. The van der Waals surface area contributed by atoms with Crippen LogP contribution in [0.5, 0.6) is 0 Å². The molecule has 88 valence electrons. The van der Waals surface area contributed by atoms with Gasteiger partial charge in [0.25, 0.3) is 0 Å². The Bertz CT molecular complexity index is 217. The highest BCUT2D eigenvalue weighted by atomic mass is 16.5. The first-order chi connectivity index (χ1) is 7.10. The summed E-state index contributed by atoms with van der Waals surface area (Å²) in [5.74, 6) is 2.37. The molecule has 0 saturated heterocycles. The molecule has 2 fully saturated rings. The van der Waals surface area contributed by atoms with Crippen molar-refractivity contribution in [2.75, 3.05) is 13.2 Å². The largest absolute Gasteiger partial charge is 0.381 e. The van der Waals surface area contributed by atoms with Gasteiger partial charge in [-0.3, -0.25) is 0 Å². The van der Waals surface area contributed by atoms with Crippen molar-refractivity contribution in [1.82, 2.24) is 0 Å². The lowest BCUT2D eigenvalue weighted by Crippen LogP contribution is -2.45. The van der Waals surface area contributed by atoms with Gasteiger partial charge in [-0.25, -0.2) is 0 Å². The van der Waals surface area contributed by atoms with Gasteiger partial charge in [-0.05, 0) is 43.4 Å². The van der Waals surface area contributed by atoms with Gasteiger partial charge in [0.1, 0.15) is 0 Å². The van der Waals surface area contributed by atoms with Gasteiger partial charge in [0.2, 0.25) is 0 Å². The number of hydrogen-bond donors (Lipinski definition) is 1. The molecule has 2 rings (SSSR count).